The Morgan fingerprint density at radius 1 is 1.09 bits per heavy atom. The van der Waals surface area contributed by atoms with Gasteiger partial charge < -0.3 is 19.5 Å². The number of amides is 1. The van der Waals surface area contributed by atoms with Gasteiger partial charge in [-0.05, 0) is 54.7 Å². The van der Waals surface area contributed by atoms with Crippen molar-refractivity contribution in [2.45, 2.75) is 37.3 Å². The van der Waals surface area contributed by atoms with E-state index in [1.54, 1.807) is 24.3 Å². The number of carbonyl (C=O) groups is 1. The SMILES string of the molecule is COc1cc(CCC(=O)NCC2(c3ccc(F)cc3)CCOCC2)ccc1OCC(F)(F)F. The molecule has 9 heteroatoms. The fourth-order valence-corrected chi connectivity index (χ4v) is 3.89. The summed E-state index contributed by atoms with van der Waals surface area (Å²) in [7, 11) is 1.34. The van der Waals surface area contributed by atoms with E-state index in [0.29, 0.717) is 26.2 Å². The molecule has 1 saturated heterocycles. The van der Waals surface area contributed by atoms with Crippen molar-refractivity contribution >= 4 is 5.91 Å². The molecule has 0 bridgehead atoms. The minimum Gasteiger partial charge on any atom is -0.493 e. The van der Waals surface area contributed by atoms with Gasteiger partial charge >= 0.3 is 6.18 Å². The largest absolute Gasteiger partial charge is 0.493 e. The lowest BCUT2D eigenvalue weighted by Crippen LogP contribution is -2.44. The first-order valence-corrected chi connectivity index (χ1v) is 10.7. The Bertz CT molecular complexity index is 925. The molecule has 0 aromatic heterocycles. The lowest BCUT2D eigenvalue weighted by molar-refractivity contribution is -0.153. The summed E-state index contributed by atoms with van der Waals surface area (Å²) in [5.74, 6) is -0.298. The molecule has 33 heavy (non-hydrogen) atoms. The van der Waals surface area contributed by atoms with E-state index in [1.165, 1.54) is 25.3 Å². The Hall–Kier alpha value is -2.81. The van der Waals surface area contributed by atoms with Crippen LogP contribution in [0.3, 0.4) is 0 Å². The molecule has 1 aliphatic rings. The molecule has 0 saturated carbocycles. The molecule has 0 aliphatic carbocycles. The van der Waals surface area contributed by atoms with Crippen LogP contribution in [0.15, 0.2) is 42.5 Å². The van der Waals surface area contributed by atoms with Gasteiger partial charge in [-0.25, -0.2) is 4.39 Å². The van der Waals surface area contributed by atoms with Crippen molar-refractivity contribution in [2.24, 2.45) is 0 Å². The second kappa shape index (κ2) is 10.9. The maximum Gasteiger partial charge on any atom is 0.422 e. The normalized spacial score (nSPS) is 15.7. The number of hydrogen-bond donors (Lipinski definition) is 1. The van der Waals surface area contributed by atoms with Crippen LogP contribution >= 0.6 is 0 Å². The van der Waals surface area contributed by atoms with E-state index in [-0.39, 0.29) is 35.1 Å². The molecule has 1 heterocycles. The number of nitrogens with one attached hydrogen (secondary N) is 1. The van der Waals surface area contributed by atoms with Gasteiger partial charge in [0.2, 0.25) is 5.91 Å². The van der Waals surface area contributed by atoms with Crippen molar-refractivity contribution in [1.29, 1.82) is 0 Å². The lowest BCUT2D eigenvalue weighted by Gasteiger charge is -2.38. The van der Waals surface area contributed by atoms with Crippen LogP contribution in [0.1, 0.15) is 30.4 Å². The van der Waals surface area contributed by atoms with E-state index >= 15 is 0 Å². The van der Waals surface area contributed by atoms with E-state index in [1.807, 2.05) is 0 Å². The molecular weight excluding hydrogens is 442 g/mol. The van der Waals surface area contributed by atoms with E-state index in [4.69, 9.17) is 14.2 Å². The van der Waals surface area contributed by atoms with E-state index in [0.717, 1.165) is 24.0 Å². The Balaban J connectivity index is 1.57. The zero-order valence-corrected chi connectivity index (χ0v) is 18.3. The second-order valence-electron chi connectivity index (χ2n) is 8.07. The summed E-state index contributed by atoms with van der Waals surface area (Å²) in [5, 5.41) is 2.98. The summed E-state index contributed by atoms with van der Waals surface area (Å²) in [6.45, 7) is 0.131. The molecule has 1 aliphatic heterocycles. The molecule has 5 nitrogen and oxygen atoms in total. The number of carbonyl (C=O) groups excluding carboxylic acids is 1. The van der Waals surface area contributed by atoms with Gasteiger partial charge in [0, 0.05) is 31.6 Å². The minimum absolute atomic E-state index is 0.0104. The highest BCUT2D eigenvalue weighted by molar-refractivity contribution is 5.76. The van der Waals surface area contributed by atoms with Crippen LogP contribution in [-0.2, 0) is 21.4 Å². The molecule has 180 valence electrons. The van der Waals surface area contributed by atoms with Crippen molar-refractivity contribution in [2.75, 3.05) is 33.5 Å². The number of methoxy groups -OCH3 is 1. The summed E-state index contributed by atoms with van der Waals surface area (Å²) in [6.07, 6.45) is -2.43. The van der Waals surface area contributed by atoms with Gasteiger partial charge in [0.1, 0.15) is 5.82 Å². The molecule has 0 unspecified atom stereocenters. The quantitative estimate of drug-likeness (QED) is 0.547. The van der Waals surface area contributed by atoms with Crippen LogP contribution in [0.25, 0.3) is 0 Å². The monoisotopic (exact) mass is 469 g/mol. The number of rotatable bonds is 9. The fraction of sp³-hybridized carbons (Fsp3) is 0.458. The first kappa shape index (κ1) is 24.8. The predicted octanol–water partition coefficient (Wildman–Crippen LogP) is 4.57. The van der Waals surface area contributed by atoms with E-state index in [9.17, 15) is 22.4 Å². The standard InChI is InChI=1S/C24H27F4NO4/c1-31-21-14-17(2-8-20(21)33-16-24(26,27)28)3-9-22(30)29-15-23(10-12-32-13-11-23)18-4-6-19(25)7-5-18/h2,4-8,14H,3,9-13,15-16H2,1H3,(H,29,30). The van der Waals surface area contributed by atoms with Crippen molar-refractivity contribution in [3.8, 4) is 11.5 Å². The van der Waals surface area contributed by atoms with Gasteiger partial charge in [-0.2, -0.15) is 13.2 Å². The maximum atomic E-state index is 13.4. The summed E-state index contributed by atoms with van der Waals surface area (Å²) in [4.78, 5) is 12.5. The molecule has 2 aromatic carbocycles. The Labute approximate surface area is 190 Å². The highest BCUT2D eigenvalue weighted by atomic mass is 19.4. The number of ether oxygens (including phenoxy) is 3. The summed E-state index contributed by atoms with van der Waals surface area (Å²) < 4.78 is 65.9. The highest BCUT2D eigenvalue weighted by Gasteiger charge is 2.35. The van der Waals surface area contributed by atoms with Crippen molar-refractivity contribution in [3.63, 3.8) is 0 Å². The molecular formula is C24H27F4NO4. The van der Waals surface area contributed by atoms with Crippen LogP contribution < -0.4 is 14.8 Å². The van der Waals surface area contributed by atoms with Gasteiger partial charge in [0.05, 0.1) is 7.11 Å². The Morgan fingerprint density at radius 2 is 1.79 bits per heavy atom. The van der Waals surface area contributed by atoms with Gasteiger partial charge in [0.25, 0.3) is 0 Å². The van der Waals surface area contributed by atoms with Gasteiger partial charge in [-0.3, -0.25) is 4.79 Å². The summed E-state index contributed by atoms with van der Waals surface area (Å²) in [5.41, 5.74) is 1.38. The zero-order chi connectivity index (χ0) is 23.9. The van der Waals surface area contributed by atoms with Crippen LogP contribution in [-0.4, -0.2) is 45.6 Å². The fourth-order valence-electron chi connectivity index (χ4n) is 3.89. The van der Waals surface area contributed by atoms with Crippen LogP contribution in [0, 0.1) is 5.82 Å². The van der Waals surface area contributed by atoms with Gasteiger partial charge in [-0.15, -0.1) is 0 Å². The van der Waals surface area contributed by atoms with Crippen LogP contribution in [0.2, 0.25) is 0 Å². The smallest absolute Gasteiger partial charge is 0.422 e. The highest BCUT2D eigenvalue weighted by Crippen LogP contribution is 2.34. The molecule has 0 atom stereocenters. The lowest BCUT2D eigenvalue weighted by atomic mass is 9.74. The third-order valence-electron chi connectivity index (χ3n) is 5.79. The van der Waals surface area contributed by atoms with Crippen molar-refractivity contribution in [1.82, 2.24) is 5.32 Å². The Morgan fingerprint density at radius 3 is 2.42 bits per heavy atom. The van der Waals surface area contributed by atoms with Gasteiger partial charge in [-0.1, -0.05) is 18.2 Å². The number of alkyl halides is 3. The number of aryl methyl sites for hydroxylation is 1. The first-order valence-electron chi connectivity index (χ1n) is 10.7. The van der Waals surface area contributed by atoms with Crippen molar-refractivity contribution in [3.05, 3.63) is 59.4 Å². The van der Waals surface area contributed by atoms with Gasteiger partial charge in [0.15, 0.2) is 18.1 Å². The second-order valence-corrected chi connectivity index (χ2v) is 8.07. The Kier molecular flexibility index (Phi) is 8.18. The molecule has 0 radical (unpaired) electrons. The molecule has 1 fully saturated rings. The number of hydrogen-bond acceptors (Lipinski definition) is 4. The average Bonchev–Trinajstić information content (AvgIpc) is 2.80. The summed E-state index contributed by atoms with van der Waals surface area (Å²) >= 11 is 0. The predicted molar refractivity (Wildman–Crippen MR) is 114 cm³/mol. The average molecular weight is 469 g/mol. The molecule has 3 rings (SSSR count). The zero-order valence-electron chi connectivity index (χ0n) is 18.3. The van der Waals surface area contributed by atoms with Crippen LogP contribution in [0.4, 0.5) is 17.6 Å². The van der Waals surface area contributed by atoms with Crippen molar-refractivity contribution < 1.29 is 36.6 Å². The number of halogens is 4. The van der Waals surface area contributed by atoms with Crippen LogP contribution in [0.5, 0.6) is 11.5 Å². The first-order chi connectivity index (χ1) is 15.7. The topological polar surface area (TPSA) is 56.8 Å². The molecule has 0 spiro atoms. The molecule has 1 N–H and O–H groups in total. The summed E-state index contributed by atoms with van der Waals surface area (Å²) in [6, 6.07) is 10.9. The number of benzene rings is 2. The molecule has 2 aromatic rings. The minimum atomic E-state index is -4.45. The maximum absolute atomic E-state index is 13.4. The van der Waals surface area contributed by atoms with E-state index in [2.05, 4.69) is 5.32 Å². The third kappa shape index (κ3) is 7.08. The van der Waals surface area contributed by atoms with E-state index < -0.39 is 12.8 Å². The third-order valence-corrected chi connectivity index (χ3v) is 5.79. The molecule has 1 amide bonds.